The maximum atomic E-state index is 2.32. The van der Waals surface area contributed by atoms with Crippen LogP contribution in [-0.4, -0.2) is 26.3 Å². The first kappa shape index (κ1) is 8.59. The summed E-state index contributed by atoms with van der Waals surface area (Å²) in [6, 6.07) is 0. The first-order valence-electron chi connectivity index (χ1n) is 3.97. The van der Waals surface area contributed by atoms with E-state index in [0.717, 1.165) is 35.9 Å². The Labute approximate surface area is 84.4 Å². The van der Waals surface area contributed by atoms with Crippen LogP contribution in [0.4, 0.5) is 0 Å². The topological polar surface area (TPSA) is 0 Å². The maximum absolute atomic E-state index is 2.32. The summed E-state index contributed by atoms with van der Waals surface area (Å²) in [5, 5.41) is 0. The van der Waals surface area contributed by atoms with E-state index in [1.807, 2.05) is 0 Å². The molecule has 2 aliphatic carbocycles. The first-order valence-corrected chi connectivity index (χ1v) is 10.3. The Bertz CT molecular complexity index is 209. The normalized spacial score (nSPS) is 21.7. The molecule has 0 saturated heterocycles. The molecule has 0 aromatic heterocycles. The Hall–Kier alpha value is -0.00104. The molecule has 62 valence electrons. The monoisotopic (exact) mass is 290 g/mol. The fraction of sp³-hybridized carbons (Fsp3) is 0.200. The van der Waals surface area contributed by atoms with Crippen molar-refractivity contribution in [3.8, 4) is 0 Å². The summed E-state index contributed by atoms with van der Waals surface area (Å²) in [6.45, 7) is 0. The molecule has 2 rings (SSSR count). The third-order valence-electron chi connectivity index (χ3n) is 1.70. The van der Waals surface area contributed by atoms with Crippen molar-refractivity contribution < 1.29 is 0 Å². The van der Waals surface area contributed by atoms with Gasteiger partial charge in [0.2, 0.25) is 0 Å². The Morgan fingerprint density at radius 2 is 0.917 bits per heavy atom. The van der Waals surface area contributed by atoms with Crippen molar-refractivity contribution in [1.29, 1.82) is 0 Å². The van der Waals surface area contributed by atoms with Gasteiger partial charge >= 0.3 is 84.5 Å². The van der Waals surface area contributed by atoms with Gasteiger partial charge in [-0.3, -0.25) is 0 Å². The molecule has 0 saturated carbocycles. The van der Waals surface area contributed by atoms with E-state index in [4.69, 9.17) is 0 Å². The third-order valence-corrected chi connectivity index (χ3v) is 10.2. The average molecular weight is 288 g/mol. The molecule has 2 aliphatic rings. The molecule has 0 unspecified atom stereocenters. The summed E-state index contributed by atoms with van der Waals surface area (Å²) in [5.74, 6) is 0. The van der Waals surface area contributed by atoms with Crippen LogP contribution >= 0.6 is 0 Å². The van der Waals surface area contributed by atoms with Crippen LogP contribution in [0.1, 0.15) is 0 Å². The molecule has 0 aliphatic heterocycles. The van der Waals surface area contributed by atoms with Gasteiger partial charge in [0.05, 0.1) is 0 Å². The number of allylic oxidation sites excluding steroid dienone is 8. The molecule has 0 spiro atoms. The summed E-state index contributed by atoms with van der Waals surface area (Å²) in [4.78, 5) is 1.58. The van der Waals surface area contributed by atoms with Crippen LogP contribution in [0.25, 0.3) is 0 Å². The molecule has 0 atom stereocenters. The fourth-order valence-electron chi connectivity index (χ4n) is 1.08. The number of rotatable bonds is 3. The molecule has 0 bridgehead atoms. The molecular formula is C10H10Se2. The van der Waals surface area contributed by atoms with Crippen molar-refractivity contribution in [3.05, 3.63) is 48.6 Å². The molecule has 12 heavy (non-hydrogen) atoms. The molecule has 0 aromatic rings. The van der Waals surface area contributed by atoms with Crippen molar-refractivity contribution in [2.45, 2.75) is 9.63 Å². The Morgan fingerprint density at radius 3 is 1.25 bits per heavy atom. The van der Waals surface area contributed by atoms with Gasteiger partial charge < -0.3 is 0 Å². The van der Waals surface area contributed by atoms with Crippen LogP contribution in [0.2, 0.25) is 9.63 Å². The van der Waals surface area contributed by atoms with E-state index in [9.17, 15) is 0 Å². The molecule has 0 nitrogen and oxygen atoms in total. The zero-order valence-corrected chi connectivity index (χ0v) is 10.0. The molecule has 0 heterocycles. The van der Waals surface area contributed by atoms with Crippen LogP contribution in [0.3, 0.4) is 0 Å². The summed E-state index contributed by atoms with van der Waals surface area (Å²) in [5.41, 5.74) is 0. The van der Waals surface area contributed by atoms with E-state index in [-0.39, 0.29) is 0 Å². The predicted octanol–water partition coefficient (Wildman–Crippen LogP) is 2.14. The van der Waals surface area contributed by atoms with Crippen LogP contribution < -0.4 is 0 Å². The number of hydrogen-bond acceptors (Lipinski definition) is 0. The predicted molar refractivity (Wildman–Crippen MR) is 55.6 cm³/mol. The summed E-state index contributed by atoms with van der Waals surface area (Å²) >= 11 is 1.61. The SMILES string of the molecule is C1=CC([Se][Se]C2C=CC=C2)C=C1. The second-order valence-corrected chi connectivity index (χ2v) is 9.95. The Kier molecular flexibility index (Phi) is 3.08. The summed E-state index contributed by atoms with van der Waals surface area (Å²) < 4.78 is 0. The van der Waals surface area contributed by atoms with Gasteiger partial charge in [-0.15, -0.1) is 0 Å². The van der Waals surface area contributed by atoms with Gasteiger partial charge in [0, 0.05) is 0 Å². The van der Waals surface area contributed by atoms with E-state index in [0.29, 0.717) is 0 Å². The molecule has 0 N–H and O–H groups in total. The molecular weight excluding hydrogens is 278 g/mol. The summed E-state index contributed by atoms with van der Waals surface area (Å²) in [7, 11) is 0. The Balaban J connectivity index is 1.74. The van der Waals surface area contributed by atoms with E-state index in [1.165, 1.54) is 0 Å². The van der Waals surface area contributed by atoms with Gasteiger partial charge in [-0.1, -0.05) is 0 Å². The van der Waals surface area contributed by atoms with Crippen molar-refractivity contribution in [3.63, 3.8) is 0 Å². The number of hydrogen-bond donors (Lipinski definition) is 0. The van der Waals surface area contributed by atoms with Crippen molar-refractivity contribution in [2.75, 3.05) is 0 Å². The van der Waals surface area contributed by atoms with Gasteiger partial charge in [-0.05, 0) is 0 Å². The minimum atomic E-state index is 0.792. The van der Waals surface area contributed by atoms with Crippen molar-refractivity contribution in [2.24, 2.45) is 0 Å². The van der Waals surface area contributed by atoms with Crippen LogP contribution in [-0.2, 0) is 0 Å². The molecule has 0 amide bonds. The van der Waals surface area contributed by atoms with Gasteiger partial charge in [-0.25, -0.2) is 0 Å². The quantitative estimate of drug-likeness (QED) is 0.698. The van der Waals surface area contributed by atoms with Crippen LogP contribution in [0.5, 0.6) is 0 Å². The van der Waals surface area contributed by atoms with E-state index in [2.05, 4.69) is 48.6 Å². The Morgan fingerprint density at radius 1 is 0.583 bits per heavy atom. The van der Waals surface area contributed by atoms with E-state index in [1.54, 1.807) is 0 Å². The van der Waals surface area contributed by atoms with E-state index < -0.39 is 0 Å². The van der Waals surface area contributed by atoms with E-state index >= 15 is 0 Å². The minimum absolute atomic E-state index is 0.792. The zero-order valence-electron chi connectivity index (χ0n) is 6.59. The molecule has 0 fully saturated rings. The van der Waals surface area contributed by atoms with Gasteiger partial charge in [0.25, 0.3) is 0 Å². The first-order chi connectivity index (χ1) is 5.95. The third kappa shape index (κ3) is 2.24. The summed E-state index contributed by atoms with van der Waals surface area (Å²) in [6.07, 6.45) is 18.0. The van der Waals surface area contributed by atoms with Gasteiger partial charge in [0.15, 0.2) is 0 Å². The molecule has 2 heteroatoms. The molecule has 0 radical (unpaired) electrons. The fourth-order valence-corrected chi connectivity index (χ4v) is 8.51. The second kappa shape index (κ2) is 4.30. The second-order valence-electron chi connectivity index (χ2n) is 2.66. The van der Waals surface area contributed by atoms with Crippen LogP contribution in [0.15, 0.2) is 48.6 Å². The van der Waals surface area contributed by atoms with Gasteiger partial charge in [0.1, 0.15) is 0 Å². The van der Waals surface area contributed by atoms with Crippen LogP contribution in [0, 0.1) is 0 Å². The van der Waals surface area contributed by atoms with Gasteiger partial charge in [-0.2, -0.15) is 0 Å². The zero-order chi connectivity index (χ0) is 8.23. The standard InChI is InChI=1S/C10H10Se2/c1-2-6-9(5-1)11-12-10-7-3-4-8-10/h1-10H. The van der Waals surface area contributed by atoms with Crippen molar-refractivity contribution >= 4 is 26.3 Å². The average Bonchev–Trinajstić information content (AvgIpc) is 2.74. The van der Waals surface area contributed by atoms with Crippen molar-refractivity contribution in [1.82, 2.24) is 0 Å². The molecule has 0 aromatic carbocycles.